The molecule has 0 radical (unpaired) electrons. The highest BCUT2D eigenvalue weighted by molar-refractivity contribution is 7.98. The molecule has 2 aromatic carbocycles. The number of alkyl halides is 3. The third-order valence-electron chi connectivity index (χ3n) is 4.69. The quantitative estimate of drug-likeness (QED) is 0.265. The van der Waals surface area contributed by atoms with E-state index in [1.165, 1.54) is 17.8 Å². The fourth-order valence-electron chi connectivity index (χ4n) is 3.05. The molecule has 0 atom stereocenters. The zero-order valence-corrected chi connectivity index (χ0v) is 18.0. The lowest BCUT2D eigenvalue weighted by atomic mass is 10.1. The number of halogens is 3. The van der Waals surface area contributed by atoms with E-state index in [0.717, 1.165) is 23.3 Å². The maximum atomic E-state index is 12.7. The number of anilines is 1. The second-order valence-electron chi connectivity index (χ2n) is 7.01. The van der Waals surface area contributed by atoms with Gasteiger partial charge in [0.25, 0.3) is 11.1 Å². The van der Waals surface area contributed by atoms with Crippen LogP contribution < -0.4 is 10.6 Å². The van der Waals surface area contributed by atoms with E-state index in [4.69, 9.17) is 4.42 Å². The number of oxazole rings is 1. The molecular weight excluding hydrogens is 453 g/mol. The number of benzene rings is 2. The highest BCUT2D eigenvalue weighted by Crippen LogP contribution is 2.29. The van der Waals surface area contributed by atoms with Crippen LogP contribution in [0.5, 0.6) is 0 Å². The van der Waals surface area contributed by atoms with Gasteiger partial charge < -0.3 is 15.1 Å². The zero-order valence-electron chi connectivity index (χ0n) is 17.2. The predicted octanol–water partition coefficient (Wildman–Crippen LogP) is 5.38. The molecule has 0 unspecified atom stereocenters. The van der Waals surface area contributed by atoms with Crippen molar-refractivity contribution < 1.29 is 22.4 Å². The number of fused-ring (bicyclic) bond motifs is 1. The van der Waals surface area contributed by atoms with E-state index < -0.39 is 11.7 Å². The molecule has 0 aliphatic rings. The summed E-state index contributed by atoms with van der Waals surface area (Å²) < 4.78 is 43.5. The van der Waals surface area contributed by atoms with Gasteiger partial charge in [-0.25, -0.2) is 9.97 Å². The lowest BCUT2D eigenvalue weighted by Gasteiger charge is -2.11. The number of nitrogens with one attached hydrogen (secondary N) is 2. The van der Waals surface area contributed by atoms with Crippen molar-refractivity contribution in [1.82, 2.24) is 15.3 Å². The Morgan fingerprint density at radius 3 is 2.55 bits per heavy atom. The summed E-state index contributed by atoms with van der Waals surface area (Å²) in [5.41, 5.74) is 2.05. The van der Waals surface area contributed by atoms with E-state index in [1.54, 1.807) is 12.1 Å². The number of rotatable bonds is 8. The molecule has 4 aromatic rings. The molecule has 0 saturated heterocycles. The van der Waals surface area contributed by atoms with Crippen LogP contribution in [0.3, 0.4) is 0 Å². The Hall–Kier alpha value is -3.53. The summed E-state index contributed by atoms with van der Waals surface area (Å²) in [6.07, 6.45) is -3.66. The average molecular weight is 472 g/mol. The predicted molar refractivity (Wildman–Crippen MR) is 120 cm³/mol. The second-order valence-corrected chi connectivity index (χ2v) is 7.93. The molecular formula is C23H19F3N4O2S. The van der Waals surface area contributed by atoms with E-state index in [2.05, 4.69) is 20.6 Å². The minimum atomic E-state index is -4.42. The van der Waals surface area contributed by atoms with Gasteiger partial charge in [0.1, 0.15) is 11.3 Å². The largest absolute Gasteiger partial charge is 0.431 e. The van der Waals surface area contributed by atoms with Gasteiger partial charge >= 0.3 is 6.18 Å². The Morgan fingerprint density at radius 1 is 1.00 bits per heavy atom. The Morgan fingerprint density at radius 2 is 1.79 bits per heavy atom. The monoisotopic (exact) mass is 472 g/mol. The first-order valence-corrected chi connectivity index (χ1v) is 11.0. The number of hydrogen-bond acceptors (Lipinski definition) is 6. The SMILES string of the molecule is O=C(NCCNc1ccc(C(F)(F)F)cn1)c1ccccc1CSc1nc2ccccc2o1. The number of pyridine rings is 1. The van der Waals surface area contributed by atoms with Crippen molar-refractivity contribution in [2.24, 2.45) is 0 Å². The van der Waals surface area contributed by atoms with Crippen molar-refractivity contribution in [2.75, 3.05) is 18.4 Å². The van der Waals surface area contributed by atoms with Crippen LogP contribution in [0.25, 0.3) is 11.1 Å². The molecule has 0 aliphatic heterocycles. The minimum Gasteiger partial charge on any atom is -0.431 e. The Labute approximate surface area is 191 Å². The Kier molecular flexibility index (Phi) is 6.83. The van der Waals surface area contributed by atoms with Crippen LogP contribution in [-0.4, -0.2) is 29.0 Å². The second kappa shape index (κ2) is 9.95. The number of nitrogens with zero attached hydrogens (tertiary/aromatic N) is 2. The van der Waals surface area contributed by atoms with Crippen LogP contribution in [0, 0.1) is 0 Å². The summed E-state index contributed by atoms with van der Waals surface area (Å²) in [5, 5.41) is 6.22. The molecule has 170 valence electrons. The van der Waals surface area contributed by atoms with Crippen molar-refractivity contribution in [2.45, 2.75) is 17.2 Å². The van der Waals surface area contributed by atoms with Crippen LogP contribution in [0.2, 0.25) is 0 Å². The van der Waals surface area contributed by atoms with Gasteiger partial charge in [-0.1, -0.05) is 42.1 Å². The maximum Gasteiger partial charge on any atom is 0.417 e. The number of thioether (sulfide) groups is 1. The first-order valence-electron chi connectivity index (χ1n) is 10.0. The van der Waals surface area contributed by atoms with Crippen molar-refractivity contribution in [1.29, 1.82) is 0 Å². The van der Waals surface area contributed by atoms with Crippen molar-refractivity contribution in [3.63, 3.8) is 0 Å². The van der Waals surface area contributed by atoms with Crippen LogP contribution in [0.1, 0.15) is 21.5 Å². The normalized spacial score (nSPS) is 11.5. The summed E-state index contributed by atoms with van der Waals surface area (Å²) in [6.45, 7) is 0.581. The smallest absolute Gasteiger partial charge is 0.417 e. The Balaban J connectivity index is 1.29. The van der Waals surface area contributed by atoms with Gasteiger partial charge in [-0.3, -0.25) is 4.79 Å². The molecule has 10 heteroatoms. The van der Waals surface area contributed by atoms with Gasteiger partial charge in [-0.2, -0.15) is 13.2 Å². The summed E-state index contributed by atoms with van der Waals surface area (Å²) in [7, 11) is 0. The fourth-order valence-corrected chi connectivity index (χ4v) is 3.89. The molecule has 6 nitrogen and oxygen atoms in total. The van der Waals surface area contributed by atoms with Gasteiger partial charge in [-0.15, -0.1) is 0 Å². The number of amides is 1. The third-order valence-corrected chi connectivity index (χ3v) is 5.57. The summed E-state index contributed by atoms with van der Waals surface area (Å²) in [5.74, 6) is 0.558. The number of hydrogen-bond donors (Lipinski definition) is 2. The average Bonchev–Trinajstić information content (AvgIpc) is 3.23. The topological polar surface area (TPSA) is 80.0 Å². The summed E-state index contributed by atoms with van der Waals surface area (Å²) in [4.78, 5) is 20.8. The standard InChI is InChI=1S/C23H19F3N4O2S/c24-23(25,26)16-9-10-20(29-13-16)27-11-12-28-21(31)17-6-2-1-5-15(17)14-33-22-30-18-7-3-4-8-19(18)32-22/h1-10,13H,11-12,14H2,(H,27,29)(H,28,31). The summed E-state index contributed by atoms with van der Waals surface area (Å²) in [6, 6.07) is 17.0. The zero-order chi connectivity index (χ0) is 23.3. The van der Waals surface area contributed by atoms with E-state index in [0.29, 0.717) is 34.5 Å². The molecule has 33 heavy (non-hydrogen) atoms. The Bertz CT molecular complexity index is 1210. The van der Waals surface area contributed by atoms with E-state index >= 15 is 0 Å². The highest BCUT2D eigenvalue weighted by Gasteiger charge is 2.30. The molecule has 0 saturated carbocycles. The van der Waals surface area contributed by atoms with E-state index in [1.807, 2.05) is 36.4 Å². The van der Waals surface area contributed by atoms with Crippen LogP contribution in [0.15, 0.2) is 76.5 Å². The van der Waals surface area contributed by atoms with Gasteiger partial charge in [0.2, 0.25) is 0 Å². The van der Waals surface area contributed by atoms with Gasteiger partial charge in [-0.05, 0) is 35.9 Å². The molecule has 2 aromatic heterocycles. The first-order chi connectivity index (χ1) is 15.9. The fraction of sp³-hybridized carbons (Fsp3) is 0.174. The van der Waals surface area contributed by atoms with Gasteiger partial charge in [0.05, 0.1) is 5.56 Å². The summed E-state index contributed by atoms with van der Waals surface area (Å²) >= 11 is 1.40. The maximum absolute atomic E-state index is 12.7. The van der Waals surface area contributed by atoms with Crippen molar-refractivity contribution in [3.05, 3.63) is 83.6 Å². The molecule has 1 amide bonds. The van der Waals surface area contributed by atoms with E-state index in [9.17, 15) is 18.0 Å². The van der Waals surface area contributed by atoms with Crippen molar-refractivity contribution >= 4 is 34.6 Å². The minimum absolute atomic E-state index is 0.244. The molecule has 0 aliphatic carbocycles. The number of carbonyl (C=O) groups excluding carboxylic acids is 1. The van der Waals surface area contributed by atoms with E-state index in [-0.39, 0.29) is 12.5 Å². The molecule has 2 heterocycles. The van der Waals surface area contributed by atoms with Crippen LogP contribution in [0.4, 0.5) is 19.0 Å². The lowest BCUT2D eigenvalue weighted by Crippen LogP contribution is -2.29. The first kappa shape index (κ1) is 22.7. The molecule has 2 N–H and O–H groups in total. The molecule has 4 rings (SSSR count). The highest BCUT2D eigenvalue weighted by atomic mass is 32.2. The third kappa shape index (κ3) is 5.83. The number of carbonyl (C=O) groups is 1. The number of aromatic nitrogens is 2. The van der Waals surface area contributed by atoms with Crippen molar-refractivity contribution in [3.8, 4) is 0 Å². The van der Waals surface area contributed by atoms with Crippen LogP contribution >= 0.6 is 11.8 Å². The number of para-hydroxylation sites is 2. The lowest BCUT2D eigenvalue weighted by molar-refractivity contribution is -0.137. The van der Waals surface area contributed by atoms with Crippen LogP contribution in [-0.2, 0) is 11.9 Å². The van der Waals surface area contributed by atoms with Gasteiger partial charge in [0.15, 0.2) is 5.58 Å². The molecule has 0 fully saturated rings. The molecule has 0 spiro atoms. The molecule has 0 bridgehead atoms. The van der Waals surface area contributed by atoms with Gasteiger partial charge in [0, 0.05) is 30.6 Å².